The van der Waals surface area contributed by atoms with E-state index < -0.39 is 0 Å². The van der Waals surface area contributed by atoms with Crippen molar-refractivity contribution >= 4 is 21.8 Å². The van der Waals surface area contributed by atoms with Gasteiger partial charge in [-0.1, -0.05) is 48.5 Å². The fraction of sp³-hybridized carbons (Fsp3) is 0.900. The number of nitrogens with one attached hydrogen (secondary N) is 1. The van der Waals surface area contributed by atoms with Gasteiger partial charge in [0.2, 0.25) is 5.91 Å². The average Bonchev–Trinajstić information content (AvgIpc) is 2.11. The summed E-state index contributed by atoms with van der Waals surface area (Å²) in [4.78, 5) is 11.0. The Morgan fingerprint density at radius 2 is 1.92 bits per heavy atom. The van der Waals surface area contributed by atoms with Crippen molar-refractivity contribution in [2.75, 3.05) is 11.9 Å². The average molecular weight is 250 g/mol. The fourth-order valence-corrected chi connectivity index (χ4v) is 1.49. The zero-order chi connectivity index (χ0) is 9.94. The maximum absolute atomic E-state index is 11.0. The normalized spacial score (nSPS) is 10.0. The molecule has 3 heteroatoms. The highest BCUT2D eigenvalue weighted by atomic mass is 79.9. The molecule has 0 aliphatic rings. The quantitative estimate of drug-likeness (QED) is 0.521. The summed E-state index contributed by atoms with van der Waals surface area (Å²) in [6, 6.07) is 0. The summed E-state index contributed by atoms with van der Waals surface area (Å²) < 4.78 is 0. The minimum Gasteiger partial charge on any atom is -0.356 e. The molecule has 0 radical (unpaired) electrons. The van der Waals surface area contributed by atoms with Crippen LogP contribution in [0.4, 0.5) is 0 Å². The van der Waals surface area contributed by atoms with Crippen LogP contribution in [0.15, 0.2) is 0 Å². The van der Waals surface area contributed by atoms with Gasteiger partial charge in [0.05, 0.1) is 0 Å². The maximum Gasteiger partial charge on any atom is 0.220 e. The summed E-state index contributed by atoms with van der Waals surface area (Å²) in [7, 11) is 0. The monoisotopic (exact) mass is 249 g/mol. The molecule has 0 aromatic carbocycles. The fourth-order valence-electron chi connectivity index (χ4n) is 1.13. The highest BCUT2D eigenvalue weighted by Crippen LogP contribution is 2.01. The van der Waals surface area contributed by atoms with Crippen LogP contribution in [0, 0.1) is 0 Å². The zero-order valence-electron chi connectivity index (χ0n) is 8.44. The van der Waals surface area contributed by atoms with Gasteiger partial charge in [0.1, 0.15) is 0 Å². The Balaban J connectivity index is 3.02. The van der Waals surface area contributed by atoms with Gasteiger partial charge in [-0.3, -0.25) is 4.79 Å². The van der Waals surface area contributed by atoms with E-state index in [4.69, 9.17) is 0 Å². The second-order valence-corrected chi connectivity index (χ2v) is 4.00. The molecule has 0 rings (SSSR count). The molecule has 0 bridgehead atoms. The third kappa shape index (κ3) is 9.87. The third-order valence-electron chi connectivity index (χ3n) is 1.92. The lowest BCUT2D eigenvalue weighted by molar-refractivity contribution is -0.120. The van der Waals surface area contributed by atoms with Gasteiger partial charge in [-0.05, 0) is 6.42 Å². The van der Waals surface area contributed by atoms with Gasteiger partial charge in [-0.15, -0.1) is 0 Å². The predicted molar refractivity (Wildman–Crippen MR) is 60.2 cm³/mol. The highest BCUT2D eigenvalue weighted by molar-refractivity contribution is 9.09. The first-order valence-electron chi connectivity index (χ1n) is 5.14. The number of hydrogen-bond acceptors (Lipinski definition) is 1. The first-order chi connectivity index (χ1) is 6.31. The van der Waals surface area contributed by atoms with Gasteiger partial charge >= 0.3 is 0 Å². The molecule has 0 atom stereocenters. The molecule has 0 heterocycles. The van der Waals surface area contributed by atoms with Crippen LogP contribution in [0.25, 0.3) is 0 Å². The number of amides is 1. The van der Waals surface area contributed by atoms with Crippen molar-refractivity contribution in [3.63, 3.8) is 0 Å². The van der Waals surface area contributed by atoms with Crippen LogP contribution in [-0.2, 0) is 4.79 Å². The Labute approximate surface area is 89.6 Å². The minimum atomic E-state index is 0.160. The number of alkyl halides is 1. The Hall–Kier alpha value is -0.0500. The van der Waals surface area contributed by atoms with Crippen LogP contribution in [0.5, 0.6) is 0 Å². The van der Waals surface area contributed by atoms with Crippen molar-refractivity contribution in [2.45, 2.75) is 45.4 Å². The van der Waals surface area contributed by atoms with Crippen molar-refractivity contribution in [1.29, 1.82) is 0 Å². The smallest absolute Gasteiger partial charge is 0.220 e. The van der Waals surface area contributed by atoms with Crippen LogP contribution in [0.3, 0.4) is 0 Å². The lowest BCUT2D eigenvalue weighted by Crippen LogP contribution is -2.24. The van der Waals surface area contributed by atoms with Crippen molar-refractivity contribution < 1.29 is 4.79 Å². The van der Waals surface area contributed by atoms with Gasteiger partial charge in [0.25, 0.3) is 0 Å². The Kier molecular flexibility index (Phi) is 10.00. The number of halogens is 1. The van der Waals surface area contributed by atoms with Gasteiger partial charge in [0.15, 0.2) is 0 Å². The van der Waals surface area contributed by atoms with Crippen LogP contribution in [0.1, 0.15) is 45.4 Å². The molecular weight excluding hydrogens is 230 g/mol. The van der Waals surface area contributed by atoms with Crippen molar-refractivity contribution in [3.8, 4) is 0 Å². The van der Waals surface area contributed by atoms with E-state index in [1.807, 2.05) is 0 Å². The standard InChI is InChI=1S/C10H20BrNO/c1-2-3-4-5-6-9-12-10(13)7-8-11/h2-9H2,1H3,(H,12,13). The first-order valence-corrected chi connectivity index (χ1v) is 6.26. The molecule has 0 aliphatic carbocycles. The molecule has 0 unspecified atom stereocenters. The Morgan fingerprint density at radius 3 is 2.54 bits per heavy atom. The van der Waals surface area contributed by atoms with Gasteiger partial charge in [0, 0.05) is 18.3 Å². The van der Waals surface area contributed by atoms with E-state index in [0.717, 1.165) is 18.3 Å². The number of unbranched alkanes of at least 4 members (excludes halogenated alkanes) is 4. The molecule has 13 heavy (non-hydrogen) atoms. The molecule has 78 valence electrons. The van der Waals surface area contributed by atoms with E-state index >= 15 is 0 Å². The molecule has 0 fully saturated rings. The van der Waals surface area contributed by atoms with Crippen molar-refractivity contribution in [3.05, 3.63) is 0 Å². The SMILES string of the molecule is CCCCCCCNC(=O)CCBr. The van der Waals surface area contributed by atoms with Crippen LogP contribution < -0.4 is 5.32 Å². The van der Waals surface area contributed by atoms with E-state index in [0.29, 0.717) is 6.42 Å². The molecule has 0 saturated heterocycles. The molecule has 0 aliphatic heterocycles. The molecular formula is C10H20BrNO. The minimum absolute atomic E-state index is 0.160. The lowest BCUT2D eigenvalue weighted by atomic mass is 10.1. The number of carbonyl (C=O) groups excluding carboxylic acids is 1. The van der Waals surface area contributed by atoms with Gasteiger partial charge in [-0.2, -0.15) is 0 Å². The maximum atomic E-state index is 11.0. The van der Waals surface area contributed by atoms with E-state index in [1.54, 1.807) is 0 Å². The Morgan fingerprint density at radius 1 is 1.23 bits per heavy atom. The van der Waals surface area contributed by atoms with E-state index in [2.05, 4.69) is 28.2 Å². The molecule has 0 saturated carbocycles. The lowest BCUT2D eigenvalue weighted by Gasteiger charge is -2.03. The molecule has 1 amide bonds. The topological polar surface area (TPSA) is 29.1 Å². The molecule has 0 aromatic heterocycles. The number of hydrogen-bond donors (Lipinski definition) is 1. The zero-order valence-corrected chi connectivity index (χ0v) is 10.0. The summed E-state index contributed by atoms with van der Waals surface area (Å²) in [6.45, 7) is 3.05. The molecule has 0 aromatic rings. The van der Waals surface area contributed by atoms with Gasteiger partial charge in [-0.25, -0.2) is 0 Å². The molecule has 0 spiro atoms. The van der Waals surface area contributed by atoms with Crippen molar-refractivity contribution in [1.82, 2.24) is 5.32 Å². The second kappa shape index (κ2) is 10.0. The largest absolute Gasteiger partial charge is 0.356 e. The second-order valence-electron chi connectivity index (χ2n) is 3.20. The van der Waals surface area contributed by atoms with E-state index in [-0.39, 0.29) is 5.91 Å². The number of carbonyl (C=O) groups is 1. The molecule has 1 N–H and O–H groups in total. The van der Waals surface area contributed by atoms with Crippen LogP contribution in [0.2, 0.25) is 0 Å². The highest BCUT2D eigenvalue weighted by Gasteiger charge is 1.97. The summed E-state index contributed by atoms with van der Waals surface area (Å²) in [6.07, 6.45) is 6.83. The number of rotatable bonds is 8. The summed E-state index contributed by atoms with van der Waals surface area (Å²) in [5.74, 6) is 0.160. The van der Waals surface area contributed by atoms with E-state index in [1.165, 1.54) is 25.7 Å². The van der Waals surface area contributed by atoms with E-state index in [9.17, 15) is 4.79 Å². The summed E-state index contributed by atoms with van der Waals surface area (Å²) >= 11 is 3.23. The third-order valence-corrected chi connectivity index (χ3v) is 2.32. The van der Waals surface area contributed by atoms with Gasteiger partial charge < -0.3 is 5.32 Å². The Bertz CT molecular complexity index is 128. The van der Waals surface area contributed by atoms with Crippen LogP contribution >= 0.6 is 15.9 Å². The van der Waals surface area contributed by atoms with Crippen LogP contribution in [-0.4, -0.2) is 17.8 Å². The molecule has 2 nitrogen and oxygen atoms in total. The predicted octanol–water partition coefficient (Wildman–Crippen LogP) is 2.86. The van der Waals surface area contributed by atoms with Crippen molar-refractivity contribution in [2.24, 2.45) is 0 Å². The first kappa shape index (κ1) is 12.9. The summed E-state index contributed by atoms with van der Waals surface area (Å²) in [5, 5.41) is 3.65. The summed E-state index contributed by atoms with van der Waals surface area (Å²) in [5.41, 5.74) is 0.